The molecule has 0 heterocycles. The fourth-order valence-corrected chi connectivity index (χ4v) is 1.68. The van der Waals surface area contributed by atoms with Crippen molar-refractivity contribution in [2.75, 3.05) is 6.61 Å². The Kier molecular flexibility index (Phi) is 6.97. The first-order valence-electron chi connectivity index (χ1n) is 5.20. The molecule has 0 fully saturated rings. The highest BCUT2D eigenvalue weighted by molar-refractivity contribution is 6.43. The van der Waals surface area contributed by atoms with Gasteiger partial charge in [-0.1, -0.05) is 29.3 Å². The van der Waals surface area contributed by atoms with E-state index in [-0.39, 0.29) is 29.1 Å². The zero-order valence-electron chi connectivity index (χ0n) is 10.2. The van der Waals surface area contributed by atoms with Crippen LogP contribution in [0.25, 0.3) is 0 Å². The van der Waals surface area contributed by atoms with E-state index < -0.39 is 29.2 Å². The second kappa shape index (κ2) is 7.26. The summed E-state index contributed by atoms with van der Waals surface area (Å²) < 4.78 is 31.7. The quantitative estimate of drug-likeness (QED) is 0.817. The molecule has 114 valence electrons. The Balaban J connectivity index is 0.00000361. The first kappa shape index (κ1) is 19.2. The minimum absolute atomic E-state index is 0. The Morgan fingerprint density at radius 2 is 2.05 bits per heavy atom. The third kappa shape index (κ3) is 3.63. The van der Waals surface area contributed by atoms with Gasteiger partial charge in [-0.3, -0.25) is 0 Å². The third-order valence-electron chi connectivity index (χ3n) is 2.37. The van der Waals surface area contributed by atoms with Gasteiger partial charge < -0.3 is 15.6 Å². The summed E-state index contributed by atoms with van der Waals surface area (Å²) in [5, 5.41) is 9.31. The normalized spacial score (nSPS) is 12.5. The number of carbonyl (C=O) groups is 1. The zero-order valence-corrected chi connectivity index (χ0v) is 12.5. The summed E-state index contributed by atoms with van der Waals surface area (Å²) in [6.07, 6.45) is 0. The van der Waals surface area contributed by atoms with Crippen molar-refractivity contribution in [3.05, 3.63) is 27.7 Å². The predicted octanol–water partition coefficient (Wildman–Crippen LogP) is 3.32. The fourth-order valence-electron chi connectivity index (χ4n) is 1.36. The lowest BCUT2D eigenvalue weighted by Crippen LogP contribution is -2.41. The van der Waals surface area contributed by atoms with Crippen molar-refractivity contribution in [3.63, 3.8) is 0 Å². The maximum Gasteiger partial charge on any atom is 0.379 e. The van der Waals surface area contributed by atoms with E-state index in [0.29, 0.717) is 0 Å². The van der Waals surface area contributed by atoms with Crippen LogP contribution in [0.2, 0.25) is 10.0 Å². The van der Waals surface area contributed by atoms with Gasteiger partial charge in [-0.05, 0) is 13.0 Å². The molecule has 0 bridgehead atoms. The molecule has 0 aliphatic rings. The average Bonchev–Trinajstić information content (AvgIpc) is 2.35. The first-order valence-corrected chi connectivity index (χ1v) is 5.96. The minimum atomic E-state index is -4.00. The number of aromatic hydroxyl groups is 1. The van der Waals surface area contributed by atoms with Crippen molar-refractivity contribution in [2.24, 2.45) is 5.73 Å². The molecule has 0 amide bonds. The molecule has 1 aromatic carbocycles. The van der Waals surface area contributed by atoms with E-state index in [1.54, 1.807) is 0 Å². The van der Waals surface area contributed by atoms with Gasteiger partial charge >= 0.3 is 11.9 Å². The molecule has 0 spiro atoms. The van der Waals surface area contributed by atoms with Crippen molar-refractivity contribution in [3.8, 4) is 5.75 Å². The van der Waals surface area contributed by atoms with E-state index in [1.807, 2.05) is 0 Å². The molecule has 0 aromatic heterocycles. The molecule has 0 radical (unpaired) electrons. The van der Waals surface area contributed by atoms with Crippen LogP contribution in [0.4, 0.5) is 8.78 Å². The number of hydrogen-bond donors (Lipinski definition) is 2. The molecular weight excluding hydrogens is 338 g/mol. The van der Waals surface area contributed by atoms with E-state index in [0.717, 1.165) is 6.07 Å². The number of phenolic OH excluding ortho intramolecular Hbond substituents is 1. The molecule has 1 aromatic rings. The molecule has 1 atom stereocenters. The Morgan fingerprint density at radius 3 is 2.55 bits per heavy atom. The molecule has 1 rings (SSSR count). The molecule has 0 saturated carbocycles. The van der Waals surface area contributed by atoms with Gasteiger partial charge in [0.1, 0.15) is 16.8 Å². The van der Waals surface area contributed by atoms with Crippen LogP contribution in [-0.4, -0.2) is 23.6 Å². The van der Waals surface area contributed by atoms with Gasteiger partial charge in [0.15, 0.2) is 0 Å². The lowest BCUT2D eigenvalue weighted by Gasteiger charge is -2.22. The number of alkyl halides is 2. The highest BCUT2D eigenvalue weighted by Crippen LogP contribution is 2.41. The van der Waals surface area contributed by atoms with E-state index >= 15 is 0 Å². The standard InChI is InChI=1S/C11H11Cl2F2NO3.ClH/c1-2-19-10(18)11(14,15)9(16)5-3-4-6(12)7(13)8(5)17;/h3-4,9,17H,2,16H2,1H3;1H/t9-;/m1./s1. The highest BCUT2D eigenvalue weighted by Gasteiger charge is 2.48. The number of nitrogens with two attached hydrogens (primary N) is 1. The van der Waals surface area contributed by atoms with Crippen molar-refractivity contribution in [2.45, 2.75) is 18.9 Å². The maximum atomic E-state index is 13.7. The van der Waals surface area contributed by atoms with Gasteiger partial charge in [0.2, 0.25) is 0 Å². The van der Waals surface area contributed by atoms with Crippen LogP contribution in [0.3, 0.4) is 0 Å². The smallest absolute Gasteiger partial charge is 0.379 e. The number of carbonyl (C=O) groups excluding carboxylic acids is 1. The lowest BCUT2D eigenvalue weighted by atomic mass is 10.0. The van der Waals surface area contributed by atoms with Gasteiger partial charge in [-0.2, -0.15) is 8.78 Å². The largest absolute Gasteiger partial charge is 0.506 e. The Bertz CT molecular complexity index is 500. The van der Waals surface area contributed by atoms with Gasteiger partial charge in [-0.25, -0.2) is 4.79 Å². The first-order chi connectivity index (χ1) is 8.73. The van der Waals surface area contributed by atoms with Crippen molar-refractivity contribution in [1.82, 2.24) is 0 Å². The summed E-state index contributed by atoms with van der Waals surface area (Å²) >= 11 is 11.2. The van der Waals surface area contributed by atoms with Crippen LogP contribution >= 0.6 is 35.6 Å². The average molecular weight is 351 g/mol. The van der Waals surface area contributed by atoms with Crippen molar-refractivity contribution >= 4 is 41.6 Å². The SMILES string of the molecule is CCOC(=O)C(F)(F)[C@H](N)c1ccc(Cl)c(Cl)c1O.Cl. The number of esters is 1. The molecule has 0 aliphatic carbocycles. The molecule has 20 heavy (non-hydrogen) atoms. The van der Waals surface area contributed by atoms with Crippen molar-refractivity contribution < 1.29 is 23.4 Å². The molecule has 0 unspecified atom stereocenters. The maximum absolute atomic E-state index is 13.7. The molecule has 0 saturated heterocycles. The van der Waals surface area contributed by atoms with Gasteiger partial charge in [0, 0.05) is 5.56 Å². The summed E-state index contributed by atoms with van der Waals surface area (Å²) in [7, 11) is 0. The lowest BCUT2D eigenvalue weighted by molar-refractivity contribution is -0.174. The topological polar surface area (TPSA) is 72.5 Å². The van der Waals surface area contributed by atoms with Crippen LogP contribution in [0.15, 0.2) is 12.1 Å². The molecule has 0 aliphatic heterocycles. The number of ether oxygens (including phenoxy) is 1. The molecule has 3 N–H and O–H groups in total. The zero-order chi connectivity index (χ0) is 14.8. The van der Waals surface area contributed by atoms with Gasteiger partial charge in [0.25, 0.3) is 0 Å². The molecule has 4 nitrogen and oxygen atoms in total. The number of halogens is 5. The Labute approximate surface area is 130 Å². The monoisotopic (exact) mass is 349 g/mol. The number of benzene rings is 1. The van der Waals surface area contributed by atoms with Crippen LogP contribution < -0.4 is 5.73 Å². The van der Waals surface area contributed by atoms with Crippen LogP contribution in [-0.2, 0) is 9.53 Å². The van der Waals surface area contributed by atoms with E-state index in [9.17, 15) is 18.7 Å². The number of hydrogen-bond acceptors (Lipinski definition) is 4. The summed E-state index contributed by atoms with van der Waals surface area (Å²) in [6.45, 7) is 1.17. The second-order valence-corrected chi connectivity index (χ2v) is 4.41. The second-order valence-electron chi connectivity index (χ2n) is 3.62. The van der Waals surface area contributed by atoms with E-state index in [1.165, 1.54) is 13.0 Å². The van der Waals surface area contributed by atoms with Crippen LogP contribution in [0, 0.1) is 0 Å². The summed E-state index contributed by atoms with van der Waals surface area (Å²) in [6, 6.07) is 0.169. The number of phenols is 1. The number of rotatable bonds is 4. The Hall–Kier alpha value is -0.820. The summed E-state index contributed by atoms with van der Waals surface area (Å²) in [5.41, 5.74) is 4.92. The van der Waals surface area contributed by atoms with Gasteiger partial charge in [0.05, 0.1) is 11.6 Å². The van der Waals surface area contributed by atoms with E-state index in [4.69, 9.17) is 28.9 Å². The van der Waals surface area contributed by atoms with Crippen LogP contribution in [0.5, 0.6) is 5.75 Å². The summed E-state index contributed by atoms with van der Waals surface area (Å²) in [4.78, 5) is 11.1. The summed E-state index contributed by atoms with van der Waals surface area (Å²) in [5.74, 6) is -6.46. The highest BCUT2D eigenvalue weighted by atomic mass is 35.5. The van der Waals surface area contributed by atoms with E-state index in [2.05, 4.69) is 4.74 Å². The van der Waals surface area contributed by atoms with Crippen molar-refractivity contribution in [1.29, 1.82) is 0 Å². The molecule has 9 heteroatoms. The van der Waals surface area contributed by atoms with Crippen LogP contribution in [0.1, 0.15) is 18.5 Å². The fraction of sp³-hybridized carbons (Fsp3) is 0.364. The minimum Gasteiger partial charge on any atom is -0.506 e. The van der Waals surface area contributed by atoms with Gasteiger partial charge in [-0.15, -0.1) is 12.4 Å². The third-order valence-corrected chi connectivity index (χ3v) is 3.17. The molecular formula is C11H12Cl3F2NO3. The predicted molar refractivity (Wildman–Crippen MR) is 73.9 cm³/mol. The Morgan fingerprint density at radius 1 is 1.50 bits per heavy atom.